The van der Waals surface area contributed by atoms with Gasteiger partial charge in [0, 0.05) is 6.04 Å². The minimum atomic E-state index is -2.98. The van der Waals surface area contributed by atoms with Gasteiger partial charge in [-0.2, -0.15) is 0 Å². The Balaban J connectivity index is 2.26. The van der Waals surface area contributed by atoms with Crippen LogP contribution in [0.15, 0.2) is 18.2 Å². The monoisotopic (exact) mass is 275 g/mol. The Morgan fingerprint density at radius 1 is 1.33 bits per heavy atom. The highest BCUT2D eigenvalue weighted by molar-refractivity contribution is 7.91. The van der Waals surface area contributed by atoms with Crippen molar-refractivity contribution < 1.29 is 17.2 Å². The lowest BCUT2D eigenvalue weighted by atomic mass is 9.92. The number of hydrogen-bond donors (Lipinski definition) is 1. The highest BCUT2D eigenvalue weighted by Gasteiger charge is 2.33. The molecule has 1 N–H and O–H groups in total. The first-order valence-corrected chi connectivity index (χ1v) is 7.58. The van der Waals surface area contributed by atoms with E-state index in [1.807, 2.05) is 0 Å². The van der Waals surface area contributed by atoms with Gasteiger partial charge < -0.3 is 5.32 Å². The Kier molecular flexibility index (Phi) is 3.68. The van der Waals surface area contributed by atoms with Gasteiger partial charge >= 0.3 is 0 Å². The average molecular weight is 275 g/mol. The summed E-state index contributed by atoms with van der Waals surface area (Å²) in [5.74, 6) is -1.64. The fourth-order valence-electron chi connectivity index (χ4n) is 2.47. The molecule has 1 aromatic carbocycles. The predicted octanol–water partition coefficient (Wildman–Crippen LogP) is 1.66. The number of sulfone groups is 1. The van der Waals surface area contributed by atoms with Gasteiger partial charge in [0.2, 0.25) is 0 Å². The molecular formula is C12H15F2NO2S. The molecule has 0 radical (unpaired) electrons. The van der Waals surface area contributed by atoms with Gasteiger partial charge in [0.05, 0.1) is 11.5 Å². The van der Waals surface area contributed by atoms with E-state index >= 15 is 0 Å². The first-order valence-electron chi connectivity index (χ1n) is 5.75. The Morgan fingerprint density at radius 3 is 2.56 bits per heavy atom. The van der Waals surface area contributed by atoms with Crippen LogP contribution in [0.4, 0.5) is 8.78 Å². The molecule has 0 aromatic heterocycles. The van der Waals surface area contributed by atoms with Crippen molar-refractivity contribution in [3.8, 4) is 0 Å². The number of benzene rings is 1. The maximum Gasteiger partial charge on any atom is 0.159 e. The lowest BCUT2D eigenvalue weighted by Crippen LogP contribution is -2.26. The van der Waals surface area contributed by atoms with Crippen LogP contribution in [0.1, 0.15) is 18.0 Å². The van der Waals surface area contributed by atoms with E-state index < -0.39 is 21.5 Å². The van der Waals surface area contributed by atoms with Crippen LogP contribution in [-0.4, -0.2) is 27.0 Å². The van der Waals surface area contributed by atoms with Crippen LogP contribution in [0.25, 0.3) is 0 Å². The molecule has 18 heavy (non-hydrogen) atoms. The van der Waals surface area contributed by atoms with E-state index in [9.17, 15) is 17.2 Å². The molecule has 1 aliphatic heterocycles. The second-order valence-corrected chi connectivity index (χ2v) is 6.83. The van der Waals surface area contributed by atoms with E-state index in [0.29, 0.717) is 12.0 Å². The van der Waals surface area contributed by atoms with Crippen LogP contribution in [0.2, 0.25) is 0 Å². The summed E-state index contributed by atoms with van der Waals surface area (Å²) >= 11 is 0. The van der Waals surface area contributed by atoms with Crippen LogP contribution in [0.5, 0.6) is 0 Å². The molecule has 1 aliphatic rings. The van der Waals surface area contributed by atoms with Gasteiger partial charge in [0.25, 0.3) is 0 Å². The van der Waals surface area contributed by atoms with Crippen LogP contribution in [0.3, 0.4) is 0 Å². The summed E-state index contributed by atoms with van der Waals surface area (Å²) in [6.45, 7) is 0. The fourth-order valence-corrected chi connectivity index (χ4v) is 4.31. The smallest absolute Gasteiger partial charge is 0.159 e. The van der Waals surface area contributed by atoms with Gasteiger partial charge in [-0.15, -0.1) is 0 Å². The summed E-state index contributed by atoms with van der Waals surface area (Å²) < 4.78 is 49.0. The molecule has 1 heterocycles. The quantitative estimate of drug-likeness (QED) is 0.912. The van der Waals surface area contributed by atoms with Crippen LogP contribution in [-0.2, 0) is 9.84 Å². The third-order valence-corrected chi connectivity index (χ3v) is 5.15. The van der Waals surface area contributed by atoms with Gasteiger partial charge in [-0.1, -0.05) is 6.07 Å². The normalized spacial score (nSPS) is 24.1. The van der Waals surface area contributed by atoms with Crippen LogP contribution >= 0.6 is 0 Å². The van der Waals surface area contributed by atoms with E-state index in [-0.39, 0.29) is 23.5 Å². The molecule has 0 amide bonds. The van der Waals surface area contributed by atoms with Gasteiger partial charge in [0.15, 0.2) is 21.5 Å². The fraction of sp³-hybridized carbons (Fsp3) is 0.500. The minimum Gasteiger partial charge on any atom is -0.313 e. The second kappa shape index (κ2) is 4.93. The van der Waals surface area contributed by atoms with Gasteiger partial charge in [0.1, 0.15) is 0 Å². The number of nitrogens with one attached hydrogen (secondary N) is 1. The first-order chi connectivity index (χ1) is 8.43. The molecule has 3 nitrogen and oxygen atoms in total. The van der Waals surface area contributed by atoms with Gasteiger partial charge in [-0.25, -0.2) is 17.2 Å². The van der Waals surface area contributed by atoms with Gasteiger partial charge in [-0.3, -0.25) is 0 Å². The molecule has 100 valence electrons. The molecule has 6 heteroatoms. The number of rotatable bonds is 3. The zero-order valence-electron chi connectivity index (χ0n) is 9.99. The third-order valence-electron chi connectivity index (χ3n) is 3.35. The molecule has 2 rings (SSSR count). The van der Waals surface area contributed by atoms with Crippen molar-refractivity contribution >= 4 is 9.84 Å². The average Bonchev–Trinajstić information content (AvgIpc) is 2.65. The molecule has 1 saturated heterocycles. The Morgan fingerprint density at radius 2 is 2.06 bits per heavy atom. The molecule has 0 saturated carbocycles. The SMILES string of the molecule is CNC(c1ccc(F)c(F)c1)C1CCS(=O)(=O)C1. The van der Waals surface area contributed by atoms with Crippen molar-refractivity contribution in [3.63, 3.8) is 0 Å². The lowest BCUT2D eigenvalue weighted by Gasteiger charge is -2.22. The second-order valence-electron chi connectivity index (χ2n) is 4.60. The maximum absolute atomic E-state index is 13.2. The van der Waals surface area contributed by atoms with Crippen molar-refractivity contribution in [1.29, 1.82) is 0 Å². The van der Waals surface area contributed by atoms with E-state index in [4.69, 9.17) is 0 Å². The Labute approximate surface area is 105 Å². The molecule has 1 aromatic rings. The maximum atomic E-state index is 13.2. The lowest BCUT2D eigenvalue weighted by molar-refractivity contribution is 0.414. The molecule has 0 bridgehead atoms. The van der Waals surface area contributed by atoms with E-state index in [1.165, 1.54) is 6.07 Å². The largest absolute Gasteiger partial charge is 0.313 e. The Hall–Kier alpha value is -1.01. The van der Waals surface area contributed by atoms with Crippen LogP contribution in [0, 0.1) is 17.6 Å². The standard InChI is InChI=1S/C12H15F2NO2S/c1-15-12(9-4-5-18(16,17)7-9)8-2-3-10(13)11(14)6-8/h2-3,6,9,12,15H,4-5,7H2,1H3. The van der Waals surface area contributed by atoms with Crippen molar-refractivity contribution in [1.82, 2.24) is 5.32 Å². The summed E-state index contributed by atoms with van der Waals surface area (Å²) in [5.41, 5.74) is 0.582. The van der Waals surface area contributed by atoms with Gasteiger partial charge in [-0.05, 0) is 37.1 Å². The topological polar surface area (TPSA) is 46.2 Å². The summed E-state index contributed by atoms with van der Waals surface area (Å²) in [4.78, 5) is 0. The van der Waals surface area contributed by atoms with E-state index in [1.54, 1.807) is 7.05 Å². The molecule has 2 atom stereocenters. The summed E-state index contributed by atoms with van der Waals surface area (Å²) in [6.07, 6.45) is 0.548. The van der Waals surface area contributed by atoms with Crippen LogP contribution < -0.4 is 5.32 Å². The number of halogens is 2. The zero-order chi connectivity index (χ0) is 13.3. The minimum absolute atomic E-state index is 0.0927. The Bertz CT molecular complexity index is 545. The predicted molar refractivity (Wildman–Crippen MR) is 64.9 cm³/mol. The van der Waals surface area contributed by atoms with Crippen molar-refractivity contribution in [3.05, 3.63) is 35.4 Å². The van der Waals surface area contributed by atoms with Crippen molar-refractivity contribution in [2.75, 3.05) is 18.6 Å². The molecule has 0 aliphatic carbocycles. The van der Waals surface area contributed by atoms with Crippen molar-refractivity contribution in [2.24, 2.45) is 5.92 Å². The van der Waals surface area contributed by atoms with Crippen molar-refractivity contribution in [2.45, 2.75) is 12.5 Å². The molecule has 1 fully saturated rings. The molecule has 0 spiro atoms. The summed E-state index contributed by atoms with van der Waals surface area (Å²) in [5, 5.41) is 2.99. The summed E-state index contributed by atoms with van der Waals surface area (Å²) in [6, 6.07) is 3.42. The highest BCUT2D eigenvalue weighted by Crippen LogP contribution is 2.31. The number of hydrogen-bond acceptors (Lipinski definition) is 3. The zero-order valence-corrected chi connectivity index (χ0v) is 10.8. The van der Waals surface area contributed by atoms with E-state index in [2.05, 4.69) is 5.32 Å². The molecule has 2 unspecified atom stereocenters. The molecular weight excluding hydrogens is 260 g/mol. The summed E-state index contributed by atoms with van der Waals surface area (Å²) in [7, 11) is -1.29. The first kappa shape index (κ1) is 13.4. The third kappa shape index (κ3) is 2.70. The highest BCUT2D eigenvalue weighted by atomic mass is 32.2. The van der Waals surface area contributed by atoms with E-state index in [0.717, 1.165) is 12.1 Å².